The number of carbonyl (C=O) groups excluding carboxylic acids is 1. The fourth-order valence-electron chi connectivity index (χ4n) is 1.72. The summed E-state index contributed by atoms with van der Waals surface area (Å²) in [4.78, 5) is 11.6. The van der Waals surface area contributed by atoms with E-state index >= 15 is 0 Å². The molecule has 0 atom stereocenters. The highest BCUT2D eigenvalue weighted by Gasteiger charge is 2.05. The van der Waals surface area contributed by atoms with Gasteiger partial charge in [-0.3, -0.25) is 5.32 Å². The predicted octanol–water partition coefficient (Wildman–Crippen LogP) is 2.58. The number of amides is 2. The molecule has 0 aliphatic rings. The van der Waals surface area contributed by atoms with Gasteiger partial charge in [0, 0.05) is 6.07 Å². The van der Waals surface area contributed by atoms with Crippen molar-refractivity contribution in [3.8, 4) is 11.5 Å². The van der Waals surface area contributed by atoms with E-state index in [1.807, 2.05) is 31.2 Å². The van der Waals surface area contributed by atoms with Crippen LogP contribution in [0.15, 0.2) is 34.9 Å². The van der Waals surface area contributed by atoms with Crippen molar-refractivity contribution in [3.05, 3.63) is 36.1 Å². The molecule has 2 N–H and O–H groups in total. The van der Waals surface area contributed by atoms with Gasteiger partial charge < -0.3 is 19.3 Å². The molecule has 118 valence electrons. The lowest BCUT2D eigenvalue weighted by atomic mass is 10.3. The summed E-state index contributed by atoms with van der Waals surface area (Å²) in [6.45, 7) is 5.04. The van der Waals surface area contributed by atoms with Crippen LogP contribution >= 0.6 is 0 Å². The smallest absolute Gasteiger partial charge is 0.320 e. The SMILES string of the molecule is CCOc1ccc(OCCNC(=O)Nc2cc(C)on2)cc1. The second-order valence-corrected chi connectivity index (χ2v) is 4.46. The Morgan fingerprint density at radius 3 is 2.50 bits per heavy atom. The molecule has 0 saturated heterocycles. The first-order valence-corrected chi connectivity index (χ1v) is 7.01. The summed E-state index contributed by atoms with van der Waals surface area (Å²) in [6, 6.07) is 8.60. The first kappa shape index (κ1) is 15.7. The number of hydrogen-bond donors (Lipinski definition) is 2. The minimum atomic E-state index is -0.358. The Morgan fingerprint density at radius 1 is 1.23 bits per heavy atom. The average Bonchev–Trinajstić information content (AvgIpc) is 2.91. The van der Waals surface area contributed by atoms with Crippen LogP contribution in [-0.4, -0.2) is 30.9 Å². The summed E-state index contributed by atoms with van der Waals surface area (Å²) in [5, 5.41) is 8.88. The number of hydrogen-bond acceptors (Lipinski definition) is 5. The molecule has 0 bridgehead atoms. The van der Waals surface area contributed by atoms with Crippen LogP contribution in [0, 0.1) is 6.92 Å². The highest BCUT2D eigenvalue weighted by molar-refractivity contribution is 5.88. The van der Waals surface area contributed by atoms with Crippen LogP contribution in [0.3, 0.4) is 0 Å². The topological polar surface area (TPSA) is 85.6 Å². The molecule has 0 aliphatic heterocycles. The number of nitrogens with one attached hydrogen (secondary N) is 2. The molecule has 2 amide bonds. The van der Waals surface area contributed by atoms with Crippen molar-refractivity contribution >= 4 is 11.8 Å². The maximum absolute atomic E-state index is 11.6. The lowest BCUT2D eigenvalue weighted by molar-refractivity contribution is 0.247. The van der Waals surface area contributed by atoms with Crippen molar-refractivity contribution in [2.45, 2.75) is 13.8 Å². The number of aryl methyl sites for hydroxylation is 1. The van der Waals surface area contributed by atoms with Gasteiger partial charge in [0.25, 0.3) is 0 Å². The normalized spacial score (nSPS) is 10.1. The monoisotopic (exact) mass is 305 g/mol. The van der Waals surface area contributed by atoms with Crippen molar-refractivity contribution in [1.82, 2.24) is 10.5 Å². The van der Waals surface area contributed by atoms with Crippen molar-refractivity contribution < 1.29 is 18.8 Å². The highest BCUT2D eigenvalue weighted by Crippen LogP contribution is 2.17. The summed E-state index contributed by atoms with van der Waals surface area (Å²) in [5.41, 5.74) is 0. The van der Waals surface area contributed by atoms with Gasteiger partial charge in [-0.2, -0.15) is 0 Å². The molecule has 7 heteroatoms. The standard InChI is InChI=1S/C15H19N3O4/c1-3-20-12-4-6-13(7-5-12)21-9-8-16-15(19)17-14-10-11(2)22-18-14/h4-7,10H,3,8-9H2,1-2H3,(H2,16,17,18,19). The molecule has 0 saturated carbocycles. The molecule has 2 rings (SSSR count). The van der Waals surface area contributed by atoms with Gasteiger partial charge in [0.15, 0.2) is 5.82 Å². The third-order valence-corrected chi connectivity index (χ3v) is 2.66. The quantitative estimate of drug-likeness (QED) is 0.768. The fourth-order valence-corrected chi connectivity index (χ4v) is 1.72. The minimum Gasteiger partial charge on any atom is -0.494 e. The van der Waals surface area contributed by atoms with Gasteiger partial charge in [-0.15, -0.1) is 0 Å². The van der Waals surface area contributed by atoms with Gasteiger partial charge in [0.1, 0.15) is 23.9 Å². The summed E-state index contributed by atoms with van der Waals surface area (Å²) in [7, 11) is 0. The molecule has 1 heterocycles. The van der Waals surface area contributed by atoms with Gasteiger partial charge in [-0.05, 0) is 38.1 Å². The third-order valence-electron chi connectivity index (χ3n) is 2.66. The van der Waals surface area contributed by atoms with Crippen molar-refractivity contribution in [1.29, 1.82) is 0 Å². The fraction of sp³-hybridized carbons (Fsp3) is 0.333. The van der Waals surface area contributed by atoms with Crippen molar-refractivity contribution in [3.63, 3.8) is 0 Å². The molecule has 7 nitrogen and oxygen atoms in total. The summed E-state index contributed by atoms with van der Waals surface area (Å²) >= 11 is 0. The predicted molar refractivity (Wildman–Crippen MR) is 81.4 cm³/mol. The lowest BCUT2D eigenvalue weighted by Crippen LogP contribution is -2.32. The number of carbonyl (C=O) groups is 1. The summed E-state index contributed by atoms with van der Waals surface area (Å²) in [6.07, 6.45) is 0. The second kappa shape index (κ2) is 7.92. The number of anilines is 1. The number of rotatable bonds is 7. The first-order chi connectivity index (χ1) is 10.7. The van der Waals surface area contributed by atoms with E-state index in [9.17, 15) is 4.79 Å². The van der Waals surface area contributed by atoms with E-state index in [1.54, 1.807) is 13.0 Å². The van der Waals surface area contributed by atoms with Crippen LogP contribution in [0.5, 0.6) is 11.5 Å². The molecule has 1 aromatic carbocycles. The Kier molecular flexibility index (Phi) is 5.65. The molecule has 0 fully saturated rings. The molecule has 0 radical (unpaired) electrons. The number of aromatic nitrogens is 1. The van der Waals surface area contributed by atoms with E-state index in [1.165, 1.54) is 0 Å². The highest BCUT2D eigenvalue weighted by atomic mass is 16.5. The minimum absolute atomic E-state index is 0.358. The number of benzene rings is 1. The van der Waals surface area contributed by atoms with Gasteiger partial charge in [0.2, 0.25) is 0 Å². The van der Waals surface area contributed by atoms with E-state index in [0.29, 0.717) is 31.3 Å². The molecular weight excluding hydrogens is 286 g/mol. The number of nitrogens with zero attached hydrogens (tertiary/aromatic N) is 1. The molecule has 0 unspecified atom stereocenters. The maximum Gasteiger partial charge on any atom is 0.320 e. The second-order valence-electron chi connectivity index (χ2n) is 4.46. The zero-order valence-corrected chi connectivity index (χ0v) is 12.6. The largest absolute Gasteiger partial charge is 0.494 e. The Labute approximate surface area is 128 Å². The Balaban J connectivity index is 1.65. The molecule has 2 aromatic rings. The van der Waals surface area contributed by atoms with E-state index in [4.69, 9.17) is 14.0 Å². The van der Waals surface area contributed by atoms with Crippen molar-refractivity contribution in [2.75, 3.05) is 25.1 Å². The maximum atomic E-state index is 11.6. The number of urea groups is 1. The van der Waals surface area contributed by atoms with E-state index < -0.39 is 0 Å². The van der Waals surface area contributed by atoms with E-state index in [-0.39, 0.29) is 6.03 Å². The van der Waals surface area contributed by atoms with Crippen molar-refractivity contribution in [2.24, 2.45) is 0 Å². The Hall–Kier alpha value is -2.70. The first-order valence-electron chi connectivity index (χ1n) is 7.01. The average molecular weight is 305 g/mol. The molecule has 0 aliphatic carbocycles. The van der Waals surface area contributed by atoms with E-state index in [0.717, 1.165) is 11.5 Å². The van der Waals surface area contributed by atoms with Crippen LogP contribution in [-0.2, 0) is 0 Å². The van der Waals surface area contributed by atoms with E-state index in [2.05, 4.69) is 15.8 Å². The van der Waals surface area contributed by atoms with Gasteiger partial charge in [0.05, 0.1) is 13.2 Å². The molecule has 1 aromatic heterocycles. The Bertz CT molecular complexity index is 595. The summed E-state index contributed by atoms with van der Waals surface area (Å²) < 4.78 is 15.7. The molecule has 22 heavy (non-hydrogen) atoms. The summed E-state index contributed by atoms with van der Waals surface area (Å²) in [5.74, 6) is 2.53. The Morgan fingerprint density at radius 2 is 1.91 bits per heavy atom. The van der Waals surface area contributed by atoms with Crippen LogP contribution in [0.1, 0.15) is 12.7 Å². The van der Waals surface area contributed by atoms with Crippen LogP contribution in [0.25, 0.3) is 0 Å². The lowest BCUT2D eigenvalue weighted by Gasteiger charge is -2.08. The van der Waals surface area contributed by atoms with Crippen LogP contribution < -0.4 is 20.1 Å². The molecular formula is C15H19N3O4. The zero-order chi connectivity index (χ0) is 15.8. The van der Waals surface area contributed by atoms with Gasteiger partial charge in [-0.25, -0.2) is 4.79 Å². The van der Waals surface area contributed by atoms with Crippen LogP contribution in [0.2, 0.25) is 0 Å². The van der Waals surface area contributed by atoms with Crippen LogP contribution in [0.4, 0.5) is 10.6 Å². The van der Waals surface area contributed by atoms with Gasteiger partial charge in [-0.1, -0.05) is 5.16 Å². The van der Waals surface area contributed by atoms with Gasteiger partial charge >= 0.3 is 6.03 Å². The number of ether oxygens (including phenoxy) is 2. The third kappa shape index (κ3) is 5.01. The molecule has 0 spiro atoms. The zero-order valence-electron chi connectivity index (χ0n) is 12.6.